The fourth-order valence-electron chi connectivity index (χ4n) is 3.56. The highest BCUT2D eigenvalue weighted by molar-refractivity contribution is 5.76. The fourth-order valence-corrected chi connectivity index (χ4v) is 3.56. The Bertz CT molecular complexity index is 787. The lowest BCUT2D eigenvalue weighted by atomic mass is 9.90. The van der Waals surface area contributed by atoms with E-state index in [0.29, 0.717) is 0 Å². The first kappa shape index (κ1) is 13.1. The van der Waals surface area contributed by atoms with Gasteiger partial charge in [-0.3, -0.25) is 0 Å². The van der Waals surface area contributed by atoms with E-state index in [1.165, 1.54) is 11.1 Å². The third-order valence-corrected chi connectivity index (χ3v) is 4.70. The molecule has 5 heteroatoms. The zero-order chi connectivity index (χ0) is 15.3. The van der Waals surface area contributed by atoms with Crippen LogP contribution in [0, 0.1) is 0 Å². The molecule has 0 radical (unpaired) electrons. The number of nitrogens with zero attached hydrogens (tertiary/aromatic N) is 2. The van der Waals surface area contributed by atoms with E-state index in [-0.39, 0.29) is 23.5 Å². The molecule has 1 spiro atoms. The lowest BCUT2D eigenvalue weighted by Crippen LogP contribution is -2.36. The number of hydrogen-bond acceptors (Lipinski definition) is 5. The Morgan fingerprint density at radius 3 is 2.91 bits per heavy atom. The van der Waals surface area contributed by atoms with Crippen molar-refractivity contribution in [3.05, 3.63) is 47.7 Å². The number of fused-ring (bicyclic) bond motifs is 1. The van der Waals surface area contributed by atoms with Crippen molar-refractivity contribution in [2.24, 2.45) is 10.7 Å². The number of hydrogen-bond donors (Lipinski definition) is 2. The largest absolute Gasteiger partial charge is 0.493 e. The van der Waals surface area contributed by atoms with Crippen molar-refractivity contribution in [2.45, 2.75) is 31.4 Å². The summed E-state index contributed by atoms with van der Waals surface area (Å²) in [5.74, 6) is 0.0302. The predicted octanol–water partition coefficient (Wildman–Crippen LogP) is 2.02. The maximum atomic E-state index is 9.64. The average molecular weight is 295 g/mol. The molecule has 0 saturated heterocycles. The summed E-state index contributed by atoms with van der Waals surface area (Å²) >= 11 is 0. The summed E-state index contributed by atoms with van der Waals surface area (Å²) in [5.41, 5.74) is 10.1. The molecule has 0 fully saturated rings. The average Bonchev–Trinajstić information content (AvgIpc) is 2.98. The summed E-state index contributed by atoms with van der Waals surface area (Å²) < 4.78 is 5.57. The Kier molecular flexibility index (Phi) is 2.66. The Morgan fingerprint density at radius 1 is 1.32 bits per heavy atom. The van der Waals surface area contributed by atoms with Gasteiger partial charge >= 0.3 is 0 Å². The molecule has 1 aromatic heterocycles. The molecule has 1 aliphatic heterocycles. The van der Waals surface area contributed by atoms with Crippen LogP contribution in [0.15, 0.2) is 41.5 Å². The van der Waals surface area contributed by atoms with Gasteiger partial charge in [0.25, 0.3) is 6.02 Å². The van der Waals surface area contributed by atoms with Crippen molar-refractivity contribution in [2.75, 3.05) is 0 Å². The van der Waals surface area contributed by atoms with E-state index < -0.39 is 0 Å². The Morgan fingerprint density at radius 2 is 2.18 bits per heavy atom. The van der Waals surface area contributed by atoms with Crippen molar-refractivity contribution in [1.29, 1.82) is 0 Å². The monoisotopic (exact) mass is 295 g/mol. The van der Waals surface area contributed by atoms with Gasteiger partial charge in [0.15, 0.2) is 0 Å². The lowest BCUT2D eigenvalue weighted by Gasteiger charge is -2.23. The van der Waals surface area contributed by atoms with Gasteiger partial charge in [0.2, 0.25) is 5.88 Å². The van der Waals surface area contributed by atoms with E-state index in [4.69, 9.17) is 10.5 Å². The second kappa shape index (κ2) is 4.47. The molecule has 1 aliphatic carbocycles. The zero-order valence-electron chi connectivity index (χ0n) is 12.3. The summed E-state index contributed by atoms with van der Waals surface area (Å²) in [7, 11) is 0. The molecule has 3 N–H and O–H groups in total. The number of pyridine rings is 1. The van der Waals surface area contributed by atoms with E-state index >= 15 is 0 Å². The summed E-state index contributed by atoms with van der Waals surface area (Å²) in [4.78, 5) is 8.43. The summed E-state index contributed by atoms with van der Waals surface area (Å²) in [5, 5.41) is 9.64. The highest BCUT2D eigenvalue weighted by Gasteiger charge is 2.48. The van der Waals surface area contributed by atoms with Crippen molar-refractivity contribution in [1.82, 2.24) is 4.98 Å². The number of benzene rings is 1. The summed E-state index contributed by atoms with van der Waals surface area (Å²) in [6.45, 7) is 2.02. The minimum absolute atomic E-state index is 0.0291. The third kappa shape index (κ3) is 1.85. The minimum atomic E-state index is -0.294. The van der Waals surface area contributed by atoms with Crippen molar-refractivity contribution < 1.29 is 9.84 Å². The number of amidine groups is 1. The van der Waals surface area contributed by atoms with Crippen LogP contribution in [0.25, 0.3) is 11.1 Å². The Labute approximate surface area is 128 Å². The second-order valence-electron chi connectivity index (χ2n) is 6.01. The fraction of sp³-hybridized carbons (Fsp3) is 0.294. The first-order chi connectivity index (χ1) is 10.6. The molecule has 4 rings (SSSR count). The van der Waals surface area contributed by atoms with Crippen LogP contribution in [0.1, 0.15) is 18.1 Å². The van der Waals surface area contributed by atoms with Gasteiger partial charge in [-0.15, -0.1) is 0 Å². The molecule has 0 saturated carbocycles. The van der Waals surface area contributed by atoms with E-state index in [1.54, 1.807) is 12.3 Å². The molecular weight excluding hydrogens is 278 g/mol. The zero-order valence-corrected chi connectivity index (χ0v) is 12.3. The van der Waals surface area contributed by atoms with Gasteiger partial charge < -0.3 is 15.6 Å². The smallest absolute Gasteiger partial charge is 0.282 e. The van der Waals surface area contributed by atoms with Crippen LogP contribution >= 0.6 is 0 Å². The third-order valence-electron chi connectivity index (χ3n) is 4.70. The van der Waals surface area contributed by atoms with Crippen LogP contribution in [0.2, 0.25) is 0 Å². The molecule has 2 atom stereocenters. The van der Waals surface area contributed by atoms with Gasteiger partial charge in [-0.05, 0) is 35.2 Å². The topological polar surface area (TPSA) is 80.7 Å². The molecule has 2 aliphatic rings. The van der Waals surface area contributed by atoms with Gasteiger partial charge in [0, 0.05) is 25.1 Å². The van der Waals surface area contributed by atoms with E-state index in [2.05, 4.69) is 22.1 Å². The number of nitrogens with two attached hydrogens (primary N) is 1. The van der Waals surface area contributed by atoms with Crippen LogP contribution in [0.5, 0.6) is 5.88 Å². The molecule has 112 valence electrons. The second-order valence-corrected chi connectivity index (χ2v) is 6.01. The van der Waals surface area contributed by atoms with E-state index in [1.807, 2.05) is 19.1 Å². The van der Waals surface area contributed by atoms with Crippen LogP contribution in [-0.4, -0.2) is 27.8 Å². The molecule has 0 unspecified atom stereocenters. The van der Waals surface area contributed by atoms with Crippen LogP contribution in [0.4, 0.5) is 0 Å². The quantitative estimate of drug-likeness (QED) is 0.843. The number of aliphatic imine (C=N–C) groups is 1. The van der Waals surface area contributed by atoms with Crippen molar-refractivity contribution in [3.8, 4) is 17.0 Å². The number of ether oxygens (including phenoxy) is 1. The van der Waals surface area contributed by atoms with Gasteiger partial charge in [0.1, 0.15) is 11.6 Å². The Balaban J connectivity index is 1.81. The highest BCUT2D eigenvalue weighted by Crippen LogP contribution is 2.43. The molecule has 22 heavy (non-hydrogen) atoms. The Hall–Kier alpha value is -2.56. The molecule has 2 heterocycles. The maximum absolute atomic E-state index is 9.64. The van der Waals surface area contributed by atoms with Gasteiger partial charge in [0.05, 0.1) is 0 Å². The highest BCUT2D eigenvalue weighted by atomic mass is 16.5. The summed E-state index contributed by atoms with van der Waals surface area (Å²) in [6, 6.07) is 10.1. The first-order valence-electron chi connectivity index (χ1n) is 7.35. The van der Waals surface area contributed by atoms with E-state index in [9.17, 15) is 5.11 Å². The summed E-state index contributed by atoms with van der Waals surface area (Å²) in [6.07, 6.45) is 3.21. The minimum Gasteiger partial charge on any atom is -0.493 e. The van der Waals surface area contributed by atoms with Crippen molar-refractivity contribution in [3.63, 3.8) is 0 Å². The van der Waals surface area contributed by atoms with Crippen LogP contribution in [-0.2, 0) is 17.6 Å². The molecule has 0 bridgehead atoms. The molecule has 5 nitrogen and oxygen atoms in total. The standard InChI is InChI=1S/C17H17N3O2/c1-10-17(20-16(18)22-10)8-12-3-2-4-13(14(12)9-17)11-5-6-19-15(21)7-11/h2-7,10H,8-9H2,1H3,(H2,18,20)(H,19,21)/t10-,17-/m1/s1. The van der Waals surface area contributed by atoms with E-state index in [0.717, 1.165) is 24.0 Å². The van der Waals surface area contributed by atoms with Crippen molar-refractivity contribution >= 4 is 6.02 Å². The van der Waals surface area contributed by atoms with Gasteiger partial charge in [-0.2, -0.15) is 0 Å². The van der Waals surface area contributed by atoms with Crippen LogP contribution < -0.4 is 5.73 Å². The van der Waals surface area contributed by atoms with Crippen LogP contribution in [0.3, 0.4) is 0 Å². The predicted molar refractivity (Wildman–Crippen MR) is 83.6 cm³/mol. The van der Waals surface area contributed by atoms with Gasteiger partial charge in [-0.25, -0.2) is 9.98 Å². The number of aromatic hydroxyl groups is 1. The number of rotatable bonds is 1. The van der Waals surface area contributed by atoms with Gasteiger partial charge in [-0.1, -0.05) is 18.2 Å². The normalized spacial score (nSPS) is 25.9. The number of aromatic nitrogens is 1. The lowest BCUT2D eigenvalue weighted by molar-refractivity contribution is 0.157. The molecule has 2 aromatic rings. The maximum Gasteiger partial charge on any atom is 0.282 e. The first-order valence-corrected chi connectivity index (χ1v) is 7.35. The SMILES string of the molecule is C[C@H]1OC(N)=N[C@@]12Cc1cccc(-c3ccnc(O)c3)c1C2. The molecule has 1 aromatic carbocycles. The molecule has 0 amide bonds. The molecular formula is C17H17N3O2.